The SMILES string of the molecule is CCOc1ncccc1CNC(=NC)NCC1CCCOC1c1ccc(C)cc1. The zero-order chi connectivity index (χ0) is 20.5. The summed E-state index contributed by atoms with van der Waals surface area (Å²) in [5.41, 5.74) is 3.53. The molecular formula is C23H32N4O2. The standard InChI is InChI=1S/C23H32N4O2/c1-4-28-22-20(7-5-13-25-22)16-27-23(24-3)26-15-19-8-6-14-29-21(19)18-11-9-17(2)10-12-18/h5,7,9-13,19,21H,4,6,8,14-16H2,1-3H3,(H2,24,26,27). The lowest BCUT2D eigenvalue weighted by Gasteiger charge is -2.32. The van der Waals surface area contributed by atoms with Crippen LogP contribution in [0.3, 0.4) is 0 Å². The summed E-state index contributed by atoms with van der Waals surface area (Å²) in [5, 5.41) is 6.83. The van der Waals surface area contributed by atoms with Crippen molar-refractivity contribution in [1.82, 2.24) is 15.6 Å². The number of nitrogens with one attached hydrogen (secondary N) is 2. The van der Waals surface area contributed by atoms with Crippen LogP contribution in [-0.2, 0) is 11.3 Å². The normalized spacial score (nSPS) is 19.6. The summed E-state index contributed by atoms with van der Waals surface area (Å²) in [5.74, 6) is 1.84. The van der Waals surface area contributed by atoms with Crippen molar-refractivity contribution < 1.29 is 9.47 Å². The van der Waals surface area contributed by atoms with E-state index in [0.717, 1.165) is 37.5 Å². The number of aromatic nitrogens is 1. The number of benzene rings is 1. The molecule has 6 heteroatoms. The van der Waals surface area contributed by atoms with Gasteiger partial charge in [-0.15, -0.1) is 0 Å². The Morgan fingerprint density at radius 3 is 2.83 bits per heavy atom. The second-order valence-corrected chi connectivity index (χ2v) is 7.31. The van der Waals surface area contributed by atoms with E-state index < -0.39 is 0 Å². The van der Waals surface area contributed by atoms with Gasteiger partial charge in [-0.25, -0.2) is 4.98 Å². The number of hydrogen-bond donors (Lipinski definition) is 2. The average molecular weight is 397 g/mol. The quantitative estimate of drug-likeness (QED) is 0.553. The van der Waals surface area contributed by atoms with Gasteiger partial charge >= 0.3 is 0 Å². The molecule has 0 saturated carbocycles. The molecule has 2 heterocycles. The molecule has 0 bridgehead atoms. The minimum Gasteiger partial charge on any atom is -0.478 e. The lowest BCUT2D eigenvalue weighted by atomic mass is 9.89. The highest BCUT2D eigenvalue weighted by Gasteiger charge is 2.27. The molecule has 0 radical (unpaired) electrons. The molecular weight excluding hydrogens is 364 g/mol. The van der Waals surface area contributed by atoms with Crippen LogP contribution in [0.5, 0.6) is 5.88 Å². The van der Waals surface area contributed by atoms with Crippen molar-refractivity contribution in [3.63, 3.8) is 0 Å². The van der Waals surface area contributed by atoms with Crippen molar-refractivity contribution in [3.05, 3.63) is 59.3 Å². The number of aryl methyl sites for hydroxylation is 1. The minimum absolute atomic E-state index is 0.123. The van der Waals surface area contributed by atoms with Crippen LogP contribution in [0.2, 0.25) is 0 Å². The van der Waals surface area contributed by atoms with E-state index in [9.17, 15) is 0 Å². The Labute approximate surface area is 173 Å². The van der Waals surface area contributed by atoms with Gasteiger partial charge < -0.3 is 20.1 Å². The molecule has 1 fully saturated rings. The summed E-state index contributed by atoms with van der Waals surface area (Å²) in [4.78, 5) is 8.67. The largest absolute Gasteiger partial charge is 0.478 e. The monoisotopic (exact) mass is 396 g/mol. The highest BCUT2D eigenvalue weighted by molar-refractivity contribution is 5.79. The Morgan fingerprint density at radius 1 is 1.24 bits per heavy atom. The Balaban J connectivity index is 1.57. The third-order valence-corrected chi connectivity index (χ3v) is 5.18. The van der Waals surface area contributed by atoms with Crippen molar-refractivity contribution in [2.45, 2.75) is 39.3 Å². The molecule has 0 aliphatic carbocycles. The minimum atomic E-state index is 0.123. The summed E-state index contributed by atoms with van der Waals surface area (Å²) in [7, 11) is 1.79. The maximum atomic E-state index is 6.13. The van der Waals surface area contributed by atoms with Crippen LogP contribution >= 0.6 is 0 Å². The average Bonchev–Trinajstić information content (AvgIpc) is 2.76. The third-order valence-electron chi connectivity index (χ3n) is 5.18. The van der Waals surface area contributed by atoms with Gasteiger partial charge in [0.05, 0.1) is 12.7 Å². The van der Waals surface area contributed by atoms with Gasteiger partial charge in [0, 0.05) is 44.4 Å². The summed E-state index contributed by atoms with van der Waals surface area (Å²) in [6.07, 6.45) is 4.10. The van der Waals surface area contributed by atoms with Crippen LogP contribution in [0.15, 0.2) is 47.6 Å². The van der Waals surface area contributed by atoms with E-state index in [0.29, 0.717) is 24.9 Å². The summed E-state index contributed by atoms with van der Waals surface area (Å²) in [6.45, 7) is 6.90. The third kappa shape index (κ3) is 5.94. The molecule has 156 valence electrons. The van der Waals surface area contributed by atoms with Gasteiger partial charge in [0.25, 0.3) is 0 Å². The first-order chi connectivity index (χ1) is 14.2. The predicted molar refractivity (Wildman–Crippen MR) is 116 cm³/mol. The Bertz CT molecular complexity index is 792. The maximum Gasteiger partial charge on any atom is 0.218 e. The van der Waals surface area contributed by atoms with E-state index in [1.807, 2.05) is 19.1 Å². The number of guanidine groups is 1. The van der Waals surface area contributed by atoms with E-state index in [1.165, 1.54) is 11.1 Å². The van der Waals surface area contributed by atoms with Crippen LogP contribution in [0, 0.1) is 12.8 Å². The number of pyridine rings is 1. The van der Waals surface area contributed by atoms with Gasteiger partial charge in [-0.3, -0.25) is 4.99 Å². The van der Waals surface area contributed by atoms with Crippen LogP contribution in [0.4, 0.5) is 0 Å². The predicted octanol–water partition coefficient (Wildman–Crippen LogP) is 3.62. The second-order valence-electron chi connectivity index (χ2n) is 7.31. The Kier molecular flexibility index (Phi) is 7.87. The molecule has 0 spiro atoms. The smallest absolute Gasteiger partial charge is 0.218 e. The zero-order valence-corrected chi connectivity index (χ0v) is 17.6. The fourth-order valence-corrected chi connectivity index (χ4v) is 3.63. The molecule has 2 aromatic rings. The highest BCUT2D eigenvalue weighted by atomic mass is 16.5. The first-order valence-corrected chi connectivity index (χ1v) is 10.4. The van der Waals surface area contributed by atoms with Crippen molar-refractivity contribution in [2.75, 3.05) is 26.8 Å². The van der Waals surface area contributed by atoms with Crippen molar-refractivity contribution in [3.8, 4) is 5.88 Å². The number of hydrogen-bond acceptors (Lipinski definition) is 4. The molecule has 2 N–H and O–H groups in total. The summed E-state index contributed by atoms with van der Waals surface area (Å²) >= 11 is 0. The van der Waals surface area contributed by atoms with E-state index in [4.69, 9.17) is 9.47 Å². The molecule has 3 rings (SSSR count). The first-order valence-electron chi connectivity index (χ1n) is 10.4. The molecule has 0 amide bonds. The molecule has 6 nitrogen and oxygen atoms in total. The number of ether oxygens (including phenoxy) is 2. The highest BCUT2D eigenvalue weighted by Crippen LogP contribution is 2.33. The molecule has 2 atom stereocenters. The van der Waals surface area contributed by atoms with Crippen molar-refractivity contribution in [1.29, 1.82) is 0 Å². The van der Waals surface area contributed by atoms with Gasteiger partial charge in [-0.1, -0.05) is 35.9 Å². The van der Waals surface area contributed by atoms with E-state index in [2.05, 4.69) is 51.8 Å². The van der Waals surface area contributed by atoms with Crippen LogP contribution in [0.1, 0.15) is 42.6 Å². The number of aliphatic imine (C=N–C) groups is 1. The van der Waals surface area contributed by atoms with E-state index in [-0.39, 0.29) is 6.10 Å². The van der Waals surface area contributed by atoms with E-state index >= 15 is 0 Å². The lowest BCUT2D eigenvalue weighted by Crippen LogP contribution is -2.41. The maximum absolute atomic E-state index is 6.13. The molecule has 29 heavy (non-hydrogen) atoms. The van der Waals surface area contributed by atoms with Crippen LogP contribution < -0.4 is 15.4 Å². The molecule has 1 aromatic carbocycles. The second kappa shape index (κ2) is 10.8. The molecule has 1 aliphatic heterocycles. The molecule has 1 aromatic heterocycles. The molecule has 1 saturated heterocycles. The summed E-state index contributed by atoms with van der Waals surface area (Å²) in [6, 6.07) is 12.6. The van der Waals surface area contributed by atoms with Gasteiger partial charge in [-0.2, -0.15) is 0 Å². The van der Waals surface area contributed by atoms with Gasteiger partial charge in [0.1, 0.15) is 0 Å². The van der Waals surface area contributed by atoms with E-state index in [1.54, 1.807) is 13.2 Å². The van der Waals surface area contributed by atoms with Crippen molar-refractivity contribution in [2.24, 2.45) is 10.9 Å². The number of rotatable bonds is 7. The fraction of sp³-hybridized carbons (Fsp3) is 0.478. The topological polar surface area (TPSA) is 67.8 Å². The van der Waals surface area contributed by atoms with Gasteiger partial charge in [0.2, 0.25) is 5.88 Å². The zero-order valence-electron chi connectivity index (χ0n) is 17.6. The van der Waals surface area contributed by atoms with Gasteiger partial charge in [-0.05, 0) is 38.3 Å². The Hall–Kier alpha value is -2.60. The van der Waals surface area contributed by atoms with Crippen LogP contribution in [-0.4, -0.2) is 37.7 Å². The fourth-order valence-electron chi connectivity index (χ4n) is 3.63. The van der Waals surface area contributed by atoms with Gasteiger partial charge in [0.15, 0.2) is 5.96 Å². The number of nitrogens with zero attached hydrogens (tertiary/aromatic N) is 2. The van der Waals surface area contributed by atoms with Crippen LogP contribution in [0.25, 0.3) is 0 Å². The first kappa shape index (κ1) is 21.1. The van der Waals surface area contributed by atoms with Crippen molar-refractivity contribution >= 4 is 5.96 Å². The molecule has 2 unspecified atom stereocenters. The molecule has 1 aliphatic rings. The Morgan fingerprint density at radius 2 is 2.07 bits per heavy atom. The summed E-state index contributed by atoms with van der Waals surface area (Å²) < 4.78 is 11.7. The lowest BCUT2D eigenvalue weighted by molar-refractivity contribution is -0.0265.